The maximum Gasteiger partial charge on any atom is 0.351 e. The van der Waals surface area contributed by atoms with Gasteiger partial charge in [0, 0.05) is 5.38 Å². The summed E-state index contributed by atoms with van der Waals surface area (Å²) >= 11 is 0.967. The van der Waals surface area contributed by atoms with Crippen molar-refractivity contribution in [3.05, 3.63) is 47.2 Å². The van der Waals surface area contributed by atoms with Crippen molar-refractivity contribution in [2.75, 3.05) is 12.3 Å². The number of aryl methyl sites for hydroxylation is 3. The van der Waals surface area contributed by atoms with Crippen molar-refractivity contribution in [2.45, 2.75) is 63.4 Å². The molecule has 5 rings (SSSR count). The van der Waals surface area contributed by atoms with Gasteiger partial charge in [-0.15, -0.1) is 16.0 Å². The van der Waals surface area contributed by atoms with Gasteiger partial charge in [-0.05, 0) is 62.9 Å². The number of carboxylic acids is 1. The van der Waals surface area contributed by atoms with Gasteiger partial charge in [0.05, 0.1) is 23.8 Å². The maximum absolute atomic E-state index is 13.4. The molecule has 6 N–H and O–H groups in total. The van der Waals surface area contributed by atoms with Gasteiger partial charge in [-0.1, -0.05) is 11.2 Å². The number of carbonyl (C=O) groups excluding carboxylic acids is 2. The minimum Gasteiger partial charge on any atom is -0.724 e. The summed E-state index contributed by atoms with van der Waals surface area (Å²) in [6, 6.07) is 4.27. The summed E-state index contributed by atoms with van der Waals surface area (Å²) in [5, 5.41) is 18.0. The van der Waals surface area contributed by atoms with Gasteiger partial charge in [-0.25, -0.2) is 18.2 Å². The second-order valence-corrected chi connectivity index (χ2v) is 13.5. The van der Waals surface area contributed by atoms with E-state index < -0.39 is 57.7 Å². The van der Waals surface area contributed by atoms with Gasteiger partial charge in [0.1, 0.15) is 23.6 Å². The molecule has 18 nitrogen and oxygen atoms in total. The van der Waals surface area contributed by atoms with Gasteiger partial charge in [0.15, 0.2) is 17.9 Å². The van der Waals surface area contributed by atoms with Crippen LogP contribution in [0.4, 0.5) is 5.13 Å². The minimum absolute atomic E-state index is 0.0630. The Balaban J connectivity index is 1.32. The van der Waals surface area contributed by atoms with Crippen LogP contribution in [0.5, 0.6) is 5.75 Å². The molecule has 0 spiro atoms. The number of hydrogen-bond acceptors (Lipinski definition) is 14. The fraction of sp³-hybridized carbons (Fsp3) is 0.429. The van der Waals surface area contributed by atoms with Crippen LogP contribution >= 0.6 is 11.3 Å². The summed E-state index contributed by atoms with van der Waals surface area (Å²) in [5.41, 5.74) is 12.2. The molecule has 1 saturated heterocycles. The summed E-state index contributed by atoms with van der Waals surface area (Å²) in [6.45, 7) is 4.06. The standard InChI is InChI=1S/C28H34N8O10S2/c1-28(2)23(25(38)36(28)46-48(41,42)43)32-24(37)21(18-14-47-27(30)31-18)33-45-22(26(39)40)20-8-6-16-11-15(5-7-19(16)44-20)17-12-34(3)35(13-17)10-4-9-29/h5,7,11-14,20,22-23H,4,6,8-10,29H2,1-3H3,(H4-,30,31,32,37,39,40,41,42,43)/b33-21-/t20?,22-,23?/m1/s1. The van der Waals surface area contributed by atoms with Crippen LogP contribution in [0.2, 0.25) is 0 Å². The number of nitrogens with zero attached hydrogens (tertiary/aromatic N) is 5. The summed E-state index contributed by atoms with van der Waals surface area (Å²) in [5.74, 6) is -2.98. The number of oxime groups is 1. The van der Waals surface area contributed by atoms with E-state index >= 15 is 0 Å². The number of anilines is 1. The van der Waals surface area contributed by atoms with Crippen molar-refractivity contribution < 1.29 is 51.0 Å². The van der Waals surface area contributed by atoms with E-state index in [1.54, 1.807) is 6.07 Å². The van der Waals surface area contributed by atoms with E-state index in [9.17, 15) is 32.5 Å². The number of carbonyl (C=O) groups is 3. The van der Waals surface area contributed by atoms with E-state index in [1.807, 2.05) is 36.3 Å². The van der Waals surface area contributed by atoms with E-state index in [0.717, 1.165) is 41.0 Å². The summed E-state index contributed by atoms with van der Waals surface area (Å²) in [4.78, 5) is 47.7. The number of nitrogen functional groups attached to an aromatic ring is 1. The van der Waals surface area contributed by atoms with Crippen LogP contribution in [-0.2, 0) is 53.9 Å². The molecular formula is C28H34N8O10S2. The molecule has 20 heteroatoms. The Morgan fingerprint density at radius 2 is 2.10 bits per heavy atom. The third-order valence-corrected chi connectivity index (χ3v) is 8.92. The van der Waals surface area contributed by atoms with Crippen LogP contribution in [0.25, 0.3) is 11.1 Å². The SMILES string of the molecule is C[n+]1cc(-c2ccc3c(c2)CCC([C@@H](O/N=C(\C(=O)NC2C(=O)N(OS(=O)(=O)[O-])C2(C)C)c2csc(N)n2)C(=O)O)O3)cn1CCCN. The van der Waals surface area contributed by atoms with Gasteiger partial charge >= 0.3 is 5.97 Å². The van der Waals surface area contributed by atoms with E-state index in [1.165, 1.54) is 19.2 Å². The lowest BCUT2D eigenvalue weighted by Gasteiger charge is -2.51. The Morgan fingerprint density at radius 3 is 2.73 bits per heavy atom. The first-order valence-corrected chi connectivity index (χ1v) is 16.8. The second-order valence-electron chi connectivity index (χ2n) is 11.7. The van der Waals surface area contributed by atoms with Crippen molar-refractivity contribution in [1.82, 2.24) is 20.0 Å². The number of thiazole rings is 1. The molecule has 2 aromatic heterocycles. The number of hydrogen-bond donors (Lipinski definition) is 4. The molecule has 48 heavy (non-hydrogen) atoms. The first kappa shape index (κ1) is 34.7. The molecule has 3 atom stereocenters. The Hall–Kier alpha value is -4.63. The minimum atomic E-state index is -5.27. The average molecular weight is 707 g/mol. The molecule has 2 aliphatic rings. The Bertz CT molecular complexity index is 1870. The number of carboxylic acid groups (broad SMARTS) is 1. The zero-order valence-electron chi connectivity index (χ0n) is 26.1. The van der Waals surface area contributed by atoms with Crippen molar-refractivity contribution in [3.8, 4) is 16.9 Å². The number of β-lactam (4-membered cyclic amide) rings is 1. The van der Waals surface area contributed by atoms with E-state index in [2.05, 4.69) is 24.4 Å². The number of ether oxygens (including phenoxy) is 1. The molecule has 2 aliphatic heterocycles. The molecular weight excluding hydrogens is 672 g/mol. The lowest BCUT2D eigenvalue weighted by molar-refractivity contribution is -0.753. The van der Waals surface area contributed by atoms with Crippen molar-refractivity contribution >= 4 is 50.4 Å². The number of aliphatic carboxylic acids is 1. The third-order valence-electron chi connectivity index (χ3n) is 7.92. The van der Waals surface area contributed by atoms with E-state index in [-0.39, 0.29) is 17.2 Å². The van der Waals surface area contributed by atoms with Crippen LogP contribution < -0.4 is 26.2 Å². The quantitative estimate of drug-likeness (QED) is 0.0434. The molecule has 1 aromatic carbocycles. The summed E-state index contributed by atoms with van der Waals surface area (Å²) in [6.07, 6.45) is 2.95. The number of nitrogens with one attached hydrogen (secondary N) is 1. The zero-order valence-corrected chi connectivity index (χ0v) is 27.7. The molecule has 0 radical (unpaired) electrons. The first-order valence-electron chi connectivity index (χ1n) is 14.6. The van der Waals surface area contributed by atoms with Gasteiger partial charge in [0.2, 0.25) is 16.6 Å². The highest BCUT2D eigenvalue weighted by Gasteiger charge is 2.57. The first-order chi connectivity index (χ1) is 22.6. The number of aromatic nitrogens is 3. The highest BCUT2D eigenvalue weighted by molar-refractivity contribution is 7.80. The highest BCUT2D eigenvalue weighted by Crippen LogP contribution is 2.34. The average Bonchev–Trinajstić information content (AvgIpc) is 3.63. The fourth-order valence-electron chi connectivity index (χ4n) is 5.39. The summed E-state index contributed by atoms with van der Waals surface area (Å²) in [7, 11) is -3.32. The topological polar surface area (TPSA) is 258 Å². The lowest BCUT2D eigenvalue weighted by Crippen LogP contribution is -2.76. The van der Waals surface area contributed by atoms with Crippen molar-refractivity contribution in [2.24, 2.45) is 17.9 Å². The molecule has 0 bridgehead atoms. The van der Waals surface area contributed by atoms with E-state index in [4.69, 9.17) is 21.0 Å². The largest absolute Gasteiger partial charge is 0.724 e. The number of amides is 2. The van der Waals surface area contributed by atoms with Gasteiger partial charge in [0.25, 0.3) is 17.9 Å². The number of nitrogens with two attached hydrogens (primary N) is 2. The predicted molar refractivity (Wildman–Crippen MR) is 167 cm³/mol. The molecule has 0 aliphatic carbocycles. The number of rotatable bonds is 13. The molecule has 3 aromatic rings. The maximum atomic E-state index is 13.4. The molecule has 258 valence electrons. The number of fused-ring (bicyclic) bond motifs is 1. The van der Waals surface area contributed by atoms with Crippen LogP contribution in [0.3, 0.4) is 0 Å². The van der Waals surface area contributed by atoms with Crippen molar-refractivity contribution in [1.29, 1.82) is 0 Å². The fourth-order valence-corrected chi connectivity index (χ4v) is 6.38. The molecule has 2 amide bonds. The summed E-state index contributed by atoms with van der Waals surface area (Å²) < 4.78 is 47.4. The monoisotopic (exact) mass is 706 g/mol. The van der Waals surface area contributed by atoms with Gasteiger partial charge < -0.3 is 36.0 Å². The van der Waals surface area contributed by atoms with Crippen LogP contribution in [-0.4, -0.2) is 86.6 Å². The lowest BCUT2D eigenvalue weighted by atomic mass is 9.84. The molecule has 1 fully saturated rings. The van der Waals surface area contributed by atoms with Crippen LogP contribution in [0.1, 0.15) is 37.9 Å². The number of benzene rings is 1. The Kier molecular flexibility index (Phi) is 9.74. The normalized spacial score (nSPS) is 19.6. The predicted octanol–water partition coefficient (Wildman–Crippen LogP) is -0.568. The highest BCUT2D eigenvalue weighted by atomic mass is 32.3. The Labute approximate surface area is 278 Å². The zero-order chi connectivity index (χ0) is 35.0. The van der Waals surface area contributed by atoms with Crippen LogP contribution in [0.15, 0.2) is 41.1 Å². The van der Waals surface area contributed by atoms with E-state index in [0.29, 0.717) is 23.8 Å². The second kappa shape index (κ2) is 13.5. The Morgan fingerprint density at radius 1 is 1.35 bits per heavy atom. The smallest absolute Gasteiger partial charge is 0.351 e. The number of hydroxylamine groups is 2. The molecule has 2 unspecified atom stereocenters. The van der Waals surface area contributed by atoms with Gasteiger partial charge in [-0.3, -0.25) is 9.59 Å². The van der Waals surface area contributed by atoms with Crippen LogP contribution in [0, 0.1) is 0 Å². The third kappa shape index (κ3) is 7.26. The molecule has 0 saturated carbocycles. The van der Waals surface area contributed by atoms with Crippen molar-refractivity contribution in [3.63, 3.8) is 0 Å². The molecule has 4 heterocycles. The van der Waals surface area contributed by atoms with Gasteiger partial charge in [-0.2, -0.15) is 14.0 Å².